The number of ether oxygens (including phenoxy) is 2. The standard InChI is InChI=1S/C15H16N2O3/c1-19-12-7-6-11(14(9-12)20-2)10-17-15(18)13-5-3-4-8-16-13/h3-9H,10H2,1-2H3,(H,17,18). The van der Waals surface area contributed by atoms with Gasteiger partial charge in [-0.3, -0.25) is 9.78 Å². The minimum Gasteiger partial charge on any atom is -0.497 e. The van der Waals surface area contributed by atoms with Crippen LogP contribution in [0.4, 0.5) is 0 Å². The fourth-order valence-electron chi connectivity index (χ4n) is 1.76. The highest BCUT2D eigenvalue weighted by molar-refractivity contribution is 5.92. The number of aromatic nitrogens is 1. The van der Waals surface area contributed by atoms with E-state index in [1.165, 1.54) is 0 Å². The smallest absolute Gasteiger partial charge is 0.270 e. The Labute approximate surface area is 117 Å². The van der Waals surface area contributed by atoms with E-state index in [2.05, 4.69) is 10.3 Å². The molecule has 0 aliphatic carbocycles. The number of pyridine rings is 1. The summed E-state index contributed by atoms with van der Waals surface area (Å²) in [5.41, 5.74) is 1.26. The van der Waals surface area contributed by atoms with Gasteiger partial charge < -0.3 is 14.8 Å². The van der Waals surface area contributed by atoms with Crippen LogP contribution in [0, 0.1) is 0 Å². The summed E-state index contributed by atoms with van der Waals surface area (Å²) in [6, 6.07) is 10.7. The zero-order valence-electron chi connectivity index (χ0n) is 11.4. The highest BCUT2D eigenvalue weighted by Crippen LogP contribution is 2.24. The molecule has 5 nitrogen and oxygen atoms in total. The van der Waals surface area contributed by atoms with Gasteiger partial charge in [-0.25, -0.2) is 0 Å². The molecule has 0 radical (unpaired) electrons. The van der Waals surface area contributed by atoms with Gasteiger partial charge in [0, 0.05) is 24.4 Å². The summed E-state index contributed by atoms with van der Waals surface area (Å²) in [6.45, 7) is 0.364. The van der Waals surface area contributed by atoms with Gasteiger partial charge >= 0.3 is 0 Å². The molecule has 1 N–H and O–H groups in total. The first kappa shape index (κ1) is 13.9. The first-order chi connectivity index (χ1) is 9.74. The normalized spacial score (nSPS) is 9.90. The van der Waals surface area contributed by atoms with Crippen molar-refractivity contribution in [2.24, 2.45) is 0 Å². The third-order valence-corrected chi connectivity index (χ3v) is 2.83. The Morgan fingerprint density at radius 1 is 1.20 bits per heavy atom. The molecule has 0 aliphatic heterocycles. The average Bonchev–Trinajstić information content (AvgIpc) is 2.53. The Balaban J connectivity index is 2.05. The van der Waals surface area contributed by atoms with E-state index in [-0.39, 0.29) is 5.91 Å². The summed E-state index contributed by atoms with van der Waals surface area (Å²) < 4.78 is 10.4. The van der Waals surface area contributed by atoms with Crippen molar-refractivity contribution in [2.45, 2.75) is 6.54 Å². The number of hydrogen-bond acceptors (Lipinski definition) is 4. The molecular weight excluding hydrogens is 256 g/mol. The molecule has 0 fully saturated rings. The molecule has 1 amide bonds. The zero-order valence-corrected chi connectivity index (χ0v) is 11.4. The fourth-order valence-corrected chi connectivity index (χ4v) is 1.76. The van der Waals surface area contributed by atoms with Crippen LogP contribution in [0.25, 0.3) is 0 Å². The largest absolute Gasteiger partial charge is 0.497 e. The molecule has 0 unspecified atom stereocenters. The van der Waals surface area contributed by atoms with Crippen molar-refractivity contribution in [1.29, 1.82) is 0 Å². The van der Waals surface area contributed by atoms with E-state index < -0.39 is 0 Å². The Morgan fingerprint density at radius 3 is 2.70 bits per heavy atom. The van der Waals surface area contributed by atoms with Crippen LogP contribution >= 0.6 is 0 Å². The maximum Gasteiger partial charge on any atom is 0.270 e. The Morgan fingerprint density at radius 2 is 2.05 bits per heavy atom. The van der Waals surface area contributed by atoms with Gasteiger partial charge in [-0.2, -0.15) is 0 Å². The number of hydrogen-bond donors (Lipinski definition) is 1. The Bertz CT molecular complexity index is 585. The van der Waals surface area contributed by atoms with Crippen molar-refractivity contribution in [3.8, 4) is 11.5 Å². The molecule has 5 heteroatoms. The predicted molar refractivity (Wildman–Crippen MR) is 75.0 cm³/mol. The number of carbonyl (C=O) groups is 1. The molecule has 2 aromatic rings. The summed E-state index contributed by atoms with van der Waals surface area (Å²) in [6.07, 6.45) is 1.59. The van der Waals surface area contributed by atoms with Crippen LogP contribution in [-0.2, 0) is 6.54 Å². The quantitative estimate of drug-likeness (QED) is 0.904. The molecule has 1 aromatic heterocycles. The second-order valence-electron chi connectivity index (χ2n) is 4.08. The van der Waals surface area contributed by atoms with Crippen LogP contribution in [0.2, 0.25) is 0 Å². The molecule has 0 spiro atoms. The van der Waals surface area contributed by atoms with Gasteiger partial charge in [0.1, 0.15) is 17.2 Å². The van der Waals surface area contributed by atoms with Crippen molar-refractivity contribution in [1.82, 2.24) is 10.3 Å². The van der Waals surface area contributed by atoms with E-state index >= 15 is 0 Å². The fraction of sp³-hybridized carbons (Fsp3) is 0.200. The van der Waals surface area contributed by atoms with Gasteiger partial charge in [0.25, 0.3) is 5.91 Å². The van der Waals surface area contributed by atoms with Crippen LogP contribution < -0.4 is 14.8 Å². The number of carbonyl (C=O) groups excluding carboxylic acids is 1. The highest BCUT2D eigenvalue weighted by Gasteiger charge is 2.09. The summed E-state index contributed by atoms with van der Waals surface area (Å²) in [5.74, 6) is 1.16. The number of rotatable bonds is 5. The maximum atomic E-state index is 11.9. The van der Waals surface area contributed by atoms with Crippen LogP contribution in [0.5, 0.6) is 11.5 Å². The van der Waals surface area contributed by atoms with Crippen molar-refractivity contribution < 1.29 is 14.3 Å². The van der Waals surface area contributed by atoms with E-state index in [1.807, 2.05) is 12.1 Å². The van der Waals surface area contributed by atoms with Crippen LogP contribution in [0.3, 0.4) is 0 Å². The molecule has 20 heavy (non-hydrogen) atoms. The third kappa shape index (κ3) is 3.26. The van der Waals surface area contributed by atoms with E-state index in [0.29, 0.717) is 23.7 Å². The monoisotopic (exact) mass is 272 g/mol. The molecule has 104 valence electrons. The van der Waals surface area contributed by atoms with Gasteiger partial charge in [-0.05, 0) is 24.3 Å². The first-order valence-electron chi connectivity index (χ1n) is 6.14. The SMILES string of the molecule is COc1ccc(CNC(=O)c2ccccn2)c(OC)c1. The summed E-state index contributed by atoms with van der Waals surface area (Å²) in [4.78, 5) is 15.9. The molecule has 0 atom stereocenters. The first-order valence-corrected chi connectivity index (χ1v) is 6.14. The maximum absolute atomic E-state index is 11.9. The van der Waals surface area contributed by atoms with E-state index in [9.17, 15) is 4.79 Å². The van der Waals surface area contributed by atoms with Gasteiger partial charge in [-0.15, -0.1) is 0 Å². The van der Waals surface area contributed by atoms with Crippen molar-refractivity contribution >= 4 is 5.91 Å². The number of amides is 1. The van der Waals surface area contributed by atoms with E-state index in [1.54, 1.807) is 44.7 Å². The summed E-state index contributed by atoms with van der Waals surface area (Å²) in [5, 5.41) is 2.81. The molecule has 0 saturated carbocycles. The number of nitrogens with zero attached hydrogens (tertiary/aromatic N) is 1. The molecule has 1 aromatic carbocycles. The molecule has 0 saturated heterocycles. The van der Waals surface area contributed by atoms with Crippen molar-refractivity contribution in [3.05, 3.63) is 53.9 Å². The lowest BCUT2D eigenvalue weighted by atomic mass is 10.2. The van der Waals surface area contributed by atoms with Crippen molar-refractivity contribution in [2.75, 3.05) is 14.2 Å². The number of nitrogens with one attached hydrogen (secondary N) is 1. The minimum atomic E-state index is -0.219. The van der Waals surface area contributed by atoms with E-state index in [0.717, 1.165) is 5.56 Å². The van der Waals surface area contributed by atoms with Crippen LogP contribution in [-0.4, -0.2) is 25.1 Å². The second-order valence-corrected chi connectivity index (χ2v) is 4.08. The molecule has 2 rings (SSSR count). The predicted octanol–water partition coefficient (Wildman–Crippen LogP) is 2.03. The van der Waals surface area contributed by atoms with Gasteiger partial charge in [0.2, 0.25) is 0 Å². The molecule has 1 heterocycles. The van der Waals surface area contributed by atoms with E-state index in [4.69, 9.17) is 9.47 Å². The topological polar surface area (TPSA) is 60.5 Å². The molecule has 0 bridgehead atoms. The van der Waals surface area contributed by atoms with Gasteiger partial charge in [-0.1, -0.05) is 6.07 Å². The summed E-state index contributed by atoms with van der Waals surface area (Å²) in [7, 11) is 3.18. The summed E-state index contributed by atoms with van der Waals surface area (Å²) >= 11 is 0. The lowest BCUT2D eigenvalue weighted by Crippen LogP contribution is -2.23. The average molecular weight is 272 g/mol. The Kier molecular flexibility index (Phi) is 4.55. The minimum absolute atomic E-state index is 0.219. The number of benzene rings is 1. The van der Waals surface area contributed by atoms with Gasteiger partial charge in [0.15, 0.2) is 0 Å². The van der Waals surface area contributed by atoms with Crippen LogP contribution in [0.1, 0.15) is 16.1 Å². The van der Waals surface area contributed by atoms with Gasteiger partial charge in [0.05, 0.1) is 14.2 Å². The highest BCUT2D eigenvalue weighted by atomic mass is 16.5. The lowest BCUT2D eigenvalue weighted by molar-refractivity contribution is 0.0945. The molecular formula is C15H16N2O3. The lowest BCUT2D eigenvalue weighted by Gasteiger charge is -2.11. The third-order valence-electron chi connectivity index (χ3n) is 2.83. The molecule has 0 aliphatic rings. The Hall–Kier alpha value is -2.56. The number of methoxy groups -OCH3 is 2. The van der Waals surface area contributed by atoms with Crippen molar-refractivity contribution in [3.63, 3.8) is 0 Å². The second kappa shape index (κ2) is 6.56. The zero-order chi connectivity index (χ0) is 14.4. The van der Waals surface area contributed by atoms with Crippen LogP contribution in [0.15, 0.2) is 42.6 Å².